The highest BCUT2D eigenvalue weighted by Crippen LogP contribution is 2.40. The Bertz CT molecular complexity index is 1280. The maximum absolute atomic E-state index is 13.7. The van der Waals surface area contributed by atoms with E-state index in [9.17, 15) is 9.59 Å². The molecule has 1 aromatic heterocycles. The van der Waals surface area contributed by atoms with Crippen LogP contribution >= 0.6 is 0 Å². The average Bonchev–Trinajstić information content (AvgIpc) is 3.64. The van der Waals surface area contributed by atoms with Gasteiger partial charge in [-0.15, -0.1) is 0 Å². The number of rotatable bonds is 9. The predicted molar refractivity (Wildman–Crippen MR) is 144 cm³/mol. The van der Waals surface area contributed by atoms with E-state index in [4.69, 9.17) is 13.9 Å². The molecule has 1 saturated carbocycles. The minimum atomic E-state index is -0.282. The third kappa shape index (κ3) is 5.78. The van der Waals surface area contributed by atoms with Crippen LogP contribution in [0.3, 0.4) is 0 Å². The van der Waals surface area contributed by atoms with E-state index in [2.05, 4.69) is 53.5 Å². The van der Waals surface area contributed by atoms with Crippen LogP contribution in [0.15, 0.2) is 59.0 Å². The summed E-state index contributed by atoms with van der Waals surface area (Å²) in [7, 11) is 1.59. The number of carbonyl (C=O) groups is 2. The van der Waals surface area contributed by atoms with Crippen LogP contribution in [-0.4, -0.2) is 43.5 Å². The minimum Gasteiger partial charge on any atom is -0.486 e. The van der Waals surface area contributed by atoms with Gasteiger partial charge in [0.15, 0.2) is 5.76 Å². The standard InChI is InChI=1S/C31H36N2O5/c1-21-6-5-9-24(18-21)29-27-19-25(37-20-26-12-13-28(38-26)30(34)32-15-17-36-2)11-10-22(27)14-16-33(29)31(35)23-7-3-4-8-23/h5-6,9-13,18-19,23,29H,3-4,7-8,14-17,20H2,1-2H3,(H,32,34)/t29-/m1/s1. The molecule has 0 radical (unpaired) electrons. The lowest BCUT2D eigenvalue weighted by Gasteiger charge is -2.39. The molecule has 1 aliphatic heterocycles. The molecule has 0 unspecified atom stereocenters. The Morgan fingerprint density at radius 1 is 1.08 bits per heavy atom. The van der Waals surface area contributed by atoms with Crippen LogP contribution in [0.1, 0.15) is 70.3 Å². The van der Waals surface area contributed by atoms with Crippen molar-refractivity contribution in [3.8, 4) is 5.75 Å². The molecule has 2 aromatic carbocycles. The summed E-state index contributed by atoms with van der Waals surface area (Å²) in [4.78, 5) is 28.0. The van der Waals surface area contributed by atoms with Crippen molar-refractivity contribution in [3.63, 3.8) is 0 Å². The lowest BCUT2D eigenvalue weighted by atomic mass is 9.86. The summed E-state index contributed by atoms with van der Waals surface area (Å²) in [5.74, 6) is 1.63. The van der Waals surface area contributed by atoms with Gasteiger partial charge in [-0.3, -0.25) is 9.59 Å². The fourth-order valence-electron chi connectivity index (χ4n) is 5.61. The summed E-state index contributed by atoms with van der Waals surface area (Å²) in [5.41, 5.74) is 4.66. The molecule has 7 heteroatoms. The first-order valence-electron chi connectivity index (χ1n) is 13.5. The Balaban J connectivity index is 1.36. The van der Waals surface area contributed by atoms with Crippen LogP contribution in [0.4, 0.5) is 0 Å². The Morgan fingerprint density at radius 3 is 2.71 bits per heavy atom. The topological polar surface area (TPSA) is 81.0 Å². The zero-order chi connectivity index (χ0) is 26.5. The monoisotopic (exact) mass is 516 g/mol. The van der Waals surface area contributed by atoms with E-state index < -0.39 is 0 Å². The van der Waals surface area contributed by atoms with Gasteiger partial charge < -0.3 is 24.1 Å². The zero-order valence-electron chi connectivity index (χ0n) is 22.2. The SMILES string of the molecule is COCCNC(=O)c1ccc(COc2ccc3c(c2)[C@@H](c2cccc(C)c2)N(C(=O)C2CCCC2)CC3)o1. The highest BCUT2D eigenvalue weighted by Gasteiger charge is 2.36. The molecule has 0 saturated heterocycles. The Labute approximate surface area is 224 Å². The Hall–Kier alpha value is -3.58. The molecule has 1 aliphatic carbocycles. The molecule has 2 aliphatic rings. The third-order valence-electron chi connectivity index (χ3n) is 7.55. The van der Waals surface area contributed by atoms with E-state index in [0.29, 0.717) is 24.7 Å². The lowest BCUT2D eigenvalue weighted by molar-refractivity contribution is -0.137. The van der Waals surface area contributed by atoms with Crippen molar-refractivity contribution >= 4 is 11.8 Å². The summed E-state index contributed by atoms with van der Waals surface area (Å²) in [6.07, 6.45) is 5.08. The molecule has 5 rings (SSSR count). The molecular weight excluding hydrogens is 480 g/mol. The highest BCUT2D eigenvalue weighted by atomic mass is 16.5. The number of nitrogens with one attached hydrogen (secondary N) is 1. The fourth-order valence-corrected chi connectivity index (χ4v) is 5.61. The number of aryl methyl sites for hydroxylation is 1. The maximum Gasteiger partial charge on any atom is 0.287 e. The van der Waals surface area contributed by atoms with Gasteiger partial charge in [-0.2, -0.15) is 0 Å². The molecule has 2 heterocycles. The second kappa shape index (κ2) is 11.9. The van der Waals surface area contributed by atoms with Gasteiger partial charge in [0.2, 0.25) is 5.91 Å². The first-order chi connectivity index (χ1) is 18.5. The number of ether oxygens (including phenoxy) is 2. The first-order valence-corrected chi connectivity index (χ1v) is 13.5. The summed E-state index contributed by atoms with van der Waals surface area (Å²) < 4.78 is 16.8. The molecule has 7 nitrogen and oxygen atoms in total. The molecule has 200 valence electrons. The van der Waals surface area contributed by atoms with Crippen molar-refractivity contribution in [1.29, 1.82) is 0 Å². The van der Waals surface area contributed by atoms with Gasteiger partial charge in [0.25, 0.3) is 5.91 Å². The number of furan rings is 1. The molecule has 3 aromatic rings. The van der Waals surface area contributed by atoms with Gasteiger partial charge >= 0.3 is 0 Å². The summed E-state index contributed by atoms with van der Waals surface area (Å²) in [6.45, 7) is 3.87. The van der Waals surface area contributed by atoms with Gasteiger partial charge in [0.05, 0.1) is 12.6 Å². The molecule has 1 atom stereocenters. The number of carbonyl (C=O) groups excluding carboxylic acids is 2. The van der Waals surface area contributed by atoms with Crippen LogP contribution in [0.25, 0.3) is 0 Å². The lowest BCUT2D eigenvalue weighted by Crippen LogP contribution is -2.43. The molecular formula is C31H36N2O5. The van der Waals surface area contributed by atoms with E-state index in [0.717, 1.165) is 49.8 Å². The molecule has 0 bridgehead atoms. The molecule has 1 N–H and O–H groups in total. The van der Waals surface area contributed by atoms with E-state index in [1.165, 1.54) is 11.1 Å². The van der Waals surface area contributed by atoms with E-state index in [-0.39, 0.29) is 36.1 Å². The molecule has 1 fully saturated rings. The molecule has 38 heavy (non-hydrogen) atoms. The number of hydrogen-bond acceptors (Lipinski definition) is 5. The smallest absolute Gasteiger partial charge is 0.287 e. The van der Waals surface area contributed by atoms with Gasteiger partial charge in [-0.25, -0.2) is 0 Å². The zero-order valence-corrected chi connectivity index (χ0v) is 22.2. The van der Waals surface area contributed by atoms with Gasteiger partial charge in [-0.05, 0) is 67.1 Å². The van der Waals surface area contributed by atoms with Gasteiger partial charge in [-0.1, -0.05) is 48.7 Å². The largest absolute Gasteiger partial charge is 0.486 e. The van der Waals surface area contributed by atoms with Gasteiger partial charge in [0.1, 0.15) is 18.1 Å². The van der Waals surface area contributed by atoms with Crippen molar-refractivity contribution in [2.75, 3.05) is 26.8 Å². The average molecular weight is 517 g/mol. The summed E-state index contributed by atoms with van der Waals surface area (Å²) >= 11 is 0. The van der Waals surface area contributed by atoms with Crippen molar-refractivity contribution in [3.05, 3.63) is 88.4 Å². The first kappa shape index (κ1) is 26.0. The van der Waals surface area contributed by atoms with Crippen LogP contribution < -0.4 is 10.1 Å². The number of hydrogen-bond donors (Lipinski definition) is 1. The number of nitrogens with zero attached hydrogens (tertiary/aromatic N) is 1. The number of methoxy groups -OCH3 is 1. The number of amides is 2. The van der Waals surface area contributed by atoms with E-state index in [1.54, 1.807) is 19.2 Å². The van der Waals surface area contributed by atoms with Crippen molar-refractivity contribution in [2.45, 2.75) is 51.7 Å². The predicted octanol–water partition coefficient (Wildman–Crippen LogP) is 5.21. The normalized spacial score (nSPS) is 17.3. The summed E-state index contributed by atoms with van der Waals surface area (Å²) in [6, 6.07) is 17.9. The number of benzene rings is 2. The molecule has 0 spiro atoms. The van der Waals surface area contributed by atoms with Crippen LogP contribution in [-0.2, 0) is 22.6 Å². The van der Waals surface area contributed by atoms with E-state index >= 15 is 0 Å². The van der Waals surface area contributed by atoms with Crippen molar-refractivity contribution in [2.24, 2.45) is 5.92 Å². The third-order valence-corrected chi connectivity index (χ3v) is 7.55. The molecule has 2 amide bonds. The highest BCUT2D eigenvalue weighted by molar-refractivity contribution is 5.91. The second-order valence-electron chi connectivity index (χ2n) is 10.2. The summed E-state index contributed by atoms with van der Waals surface area (Å²) in [5, 5.41) is 2.75. The van der Waals surface area contributed by atoms with Crippen LogP contribution in [0.2, 0.25) is 0 Å². The van der Waals surface area contributed by atoms with Crippen molar-refractivity contribution in [1.82, 2.24) is 10.2 Å². The fraction of sp³-hybridized carbons (Fsp3) is 0.419. The quantitative estimate of drug-likeness (QED) is 0.395. The maximum atomic E-state index is 13.7. The van der Waals surface area contributed by atoms with Crippen molar-refractivity contribution < 1.29 is 23.5 Å². The number of fused-ring (bicyclic) bond motifs is 1. The minimum absolute atomic E-state index is 0.128. The second-order valence-corrected chi connectivity index (χ2v) is 10.2. The Kier molecular flexibility index (Phi) is 8.13. The van der Waals surface area contributed by atoms with Crippen LogP contribution in [0, 0.1) is 12.8 Å². The van der Waals surface area contributed by atoms with E-state index in [1.807, 2.05) is 6.07 Å². The van der Waals surface area contributed by atoms with Crippen LogP contribution in [0.5, 0.6) is 5.75 Å². The Morgan fingerprint density at radius 2 is 1.92 bits per heavy atom. The van der Waals surface area contributed by atoms with Gasteiger partial charge in [0, 0.05) is 26.1 Å².